The fourth-order valence-corrected chi connectivity index (χ4v) is 2.53. The number of rotatable bonds is 2. The molecule has 1 aliphatic rings. The average Bonchev–Trinajstić information content (AvgIpc) is 2.53. The summed E-state index contributed by atoms with van der Waals surface area (Å²) in [6, 6.07) is 5.76. The van der Waals surface area contributed by atoms with E-state index in [1.807, 2.05) is 0 Å². The van der Waals surface area contributed by atoms with Gasteiger partial charge in [0, 0.05) is 0 Å². The number of halogens is 4. The number of nitrogens with two attached hydrogens (primary N) is 1. The minimum atomic E-state index is -4.84. The van der Waals surface area contributed by atoms with Gasteiger partial charge in [0.15, 0.2) is 11.6 Å². The molecule has 1 heterocycles. The SMILES string of the molecule is N[C@H]1Cc2cc(Oc3cccc(C(F)(F)F)c3F)ccc2N(O)C1=O. The van der Waals surface area contributed by atoms with E-state index in [0.29, 0.717) is 16.7 Å². The minimum absolute atomic E-state index is 0.0481. The third-order valence-corrected chi connectivity index (χ3v) is 3.74. The summed E-state index contributed by atoms with van der Waals surface area (Å²) in [4.78, 5) is 11.6. The molecule has 1 aliphatic heterocycles. The molecule has 0 saturated carbocycles. The number of alkyl halides is 3. The molecule has 2 aromatic carbocycles. The molecule has 0 aliphatic carbocycles. The van der Waals surface area contributed by atoms with Gasteiger partial charge in [-0.15, -0.1) is 0 Å². The van der Waals surface area contributed by atoms with Gasteiger partial charge in [-0.3, -0.25) is 10.0 Å². The van der Waals surface area contributed by atoms with Crippen molar-refractivity contribution in [3.63, 3.8) is 0 Å². The smallest absolute Gasteiger partial charge is 0.419 e. The van der Waals surface area contributed by atoms with Crippen LogP contribution in [0.4, 0.5) is 23.2 Å². The molecule has 2 aromatic rings. The van der Waals surface area contributed by atoms with Crippen molar-refractivity contribution in [1.82, 2.24) is 0 Å². The van der Waals surface area contributed by atoms with Crippen molar-refractivity contribution < 1.29 is 32.3 Å². The molecule has 5 nitrogen and oxygen atoms in total. The second-order valence-electron chi connectivity index (χ2n) is 5.47. The van der Waals surface area contributed by atoms with Crippen LogP contribution in [0.2, 0.25) is 0 Å². The topological polar surface area (TPSA) is 75.8 Å². The van der Waals surface area contributed by atoms with E-state index in [4.69, 9.17) is 10.5 Å². The molecule has 25 heavy (non-hydrogen) atoms. The monoisotopic (exact) mass is 356 g/mol. The molecule has 3 N–H and O–H groups in total. The molecule has 9 heteroatoms. The third-order valence-electron chi connectivity index (χ3n) is 3.74. The van der Waals surface area contributed by atoms with E-state index in [2.05, 4.69) is 0 Å². The van der Waals surface area contributed by atoms with Crippen LogP contribution in [0.15, 0.2) is 36.4 Å². The fourth-order valence-electron chi connectivity index (χ4n) is 2.53. The van der Waals surface area contributed by atoms with Crippen LogP contribution in [0.5, 0.6) is 11.5 Å². The zero-order valence-corrected chi connectivity index (χ0v) is 12.5. The number of anilines is 1. The van der Waals surface area contributed by atoms with Crippen LogP contribution in [0, 0.1) is 5.82 Å². The molecule has 0 saturated heterocycles. The molecular weight excluding hydrogens is 344 g/mol. The number of carbonyl (C=O) groups is 1. The van der Waals surface area contributed by atoms with E-state index < -0.39 is 35.3 Å². The molecule has 0 radical (unpaired) electrons. The average molecular weight is 356 g/mol. The van der Waals surface area contributed by atoms with Crippen molar-refractivity contribution in [3.8, 4) is 11.5 Å². The number of fused-ring (bicyclic) bond motifs is 1. The second-order valence-corrected chi connectivity index (χ2v) is 5.47. The van der Waals surface area contributed by atoms with Crippen LogP contribution in [-0.4, -0.2) is 17.2 Å². The molecule has 0 bridgehead atoms. The Hall–Kier alpha value is -2.65. The molecule has 0 fully saturated rings. The number of hydrogen-bond donors (Lipinski definition) is 2. The summed E-state index contributed by atoms with van der Waals surface area (Å²) >= 11 is 0. The zero-order chi connectivity index (χ0) is 18.4. The molecule has 3 rings (SSSR count). The molecule has 1 atom stereocenters. The van der Waals surface area contributed by atoms with Crippen molar-refractivity contribution in [3.05, 3.63) is 53.3 Å². The van der Waals surface area contributed by atoms with Gasteiger partial charge in [-0.1, -0.05) is 6.07 Å². The summed E-state index contributed by atoms with van der Waals surface area (Å²) in [7, 11) is 0. The zero-order valence-electron chi connectivity index (χ0n) is 12.5. The van der Waals surface area contributed by atoms with Gasteiger partial charge in [0.25, 0.3) is 5.91 Å². The van der Waals surface area contributed by atoms with Crippen LogP contribution in [-0.2, 0) is 17.4 Å². The van der Waals surface area contributed by atoms with Gasteiger partial charge in [0.05, 0.1) is 17.3 Å². The molecule has 132 valence electrons. The maximum Gasteiger partial charge on any atom is 0.419 e. The lowest BCUT2D eigenvalue weighted by Crippen LogP contribution is -2.47. The first kappa shape index (κ1) is 17.2. The normalized spacial score (nSPS) is 17.4. The lowest BCUT2D eigenvalue weighted by atomic mass is 9.99. The van der Waals surface area contributed by atoms with Crippen LogP contribution >= 0.6 is 0 Å². The van der Waals surface area contributed by atoms with E-state index in [1.54, 1.807) is 0 Å². The first-order valence-electron chi connectivity index (χ1n) is 7.13. The minimum Gasteiger partial charge on any atom is -0.454 e. The van der Waals surface area contributed by atoms with E-state index in [9.17, 15) is 27.6 Å². The van der Waals surface area contributed by atoms with Crippen LogP contribution in [0.3, 0.4) is 0 Å². The van der Waals surface area contributed by atoms with E-state index in [1.165, 1.54) is 18.2 Å². The highest BCUT2D eigenvalue weighted by Gasteiger charge is 2.35. The fraction of sp³-hybridized carbons (Fsp3) is 0.188. The van der Waals surface area contributed by atoms with Crippen LogP contribution in [0.1, 0.15) is 11.1 Å². The Morgan fingerprint density at radius 2 is 1.96 bits per heavy atom. The van der Waals surface area contributed by atoms with Crippen molar-refractivity contribution in [2.24, 2.45) is 5.73 Å². The Morgan fingerprint density at radius 3 is 2.64 bits per heavy atom. The first-order valence-corrected chi connectivity index (χ1v) is 7.13. The number of nitrogens with zero attached hydrogens (tertiary/aromatic N) is 1. The van der Waals surface area contributed by atoms with Crippen LogP contribution in [0.25, 0.3) is 0 Å². The molecule has 0 spiro atoms. The lowest BCUT2D eigenvalue weighted by molar-refractivity contribution is -0.140. The van der Waals surface area contributed by atoms with Crippen molar-refractivity contribution in [2.45, 2.75) is 18.6 Å². The highest BCUT2D eigenvalue weighted by atomic mass is 19.4. The Morgan fingerprint density at radius 1 is 1.24 bits per heavy atom. The number of ether oxygens (including phenoxy) is 1. The molecule has 1 amide bonds. The van der Waals surface area contributed by atoms with Gasteiger partial charge < -0.3 is 10.5 Å². The van der Waals surface area contributed by atoms with Gasteiger partial charge in [-0.25, -0.2) is 4.39 Å². The van der Waals surface area contributed by atoms with Crippen LogP contribution < -0.4 is 15.5 Å². The molecular formula is C16H12F4N2O3. The summed E-state index contributed by atoms with van der Waals surface area (Å²) in [6.45, 7) is 0. The van der Waals surface area contributed by atoms with Crippen molar-refractivity contribution >= 4 is 11.6 Å². The maximum absolute atomic E-state index is 14.0. The van der Waals surface area contributed by atoms with Gasteiger partial charge in [-0.05, 0) is 42.3 Å². The predicted octanol–water partition coefficient (Wildman–Crippen LogP) is 3.24. The van der Waals surface area contributed by atoms with Gasteiger partial charge in [-0.2, -0.15) is 18.2 Å². The summed E-state index contributed by atoms with van der Waals surface area (Å²) in [5, 5.41) is 10.1. The Kier molecular flexibility index (Phi) is 4.13. The Labute approximate surface area is 139 Å². The van der Waals surface area contributed by atoms with Crippen molar-refractivity contribution in [1.29, 1.82) is 0 Å². The quantitative estimate of drug-likeness (QED) is 0.640. The molecule has 0 unspecified atom stereocenters. The number of amides is 1. The number of carbonyl (C=O) groups excluding carboxylic acids is 1. The van der Waals surface area contributed by atoms with E-state index in [0.717, 1.165) is 12.1 Å². The predicted molar refractivity (Wildman–Crippen MR) is 78.9 cm³/mol. The largest absolute Gasteiger partial charge is 0.454 e. The second kappa shape index (κ2) is 6.01. The summed E-state index contributed by atoms with van der Waals surface area (Å²) in [5.74, 6) is -2.74. The first-order chi connectivity index (χ1) is 11.7. The lowest BCUT2D eigenvalue weighted by Gasteiger charge is -2.27. The summed E-state index contributed by atoms with van der Waals surface area (Å²) in [5.41, 5.74) is 4.80. The number of hydroxylamine groups is 1. The summed E-state index contributed by atoms with van der Waals surface area (Å²) in [6.07, 6.45) is -4.74. The van der Waals surface area contributed by atoms with Gasteiger partial charge in [0.1, 0.15) is 5.75 Å². The van der Waals surface area contributed by atoms with E-state index in [-0.39, 0.29) is 17.9 Å². The van der Waals surface area contributed by atoms with E-state index >= 15 is 0 Å². The highest BCUT2D eigenvalue weighted by molar-refractivity contribution is 5.98. The summed E-state index contributed by atoms with van der Waals surface area (Å²) < 4.78 is 57.4. The van der Waals surface area contributed by atoms with Gasteiger partial charge >= 0.3 is 6.18 Å². The highest BCUT2D eigenvalue weighted by Crippen LogP contribution is 2.37. The third kappa shape index (κ3) is 3.15. The van der Waals surface area contributed by atoms with Crippen molar-refractivity contribution in [2.75, 3.05) is 5.06 Å². The Balaban J connectivity index is 1.93. The number of benzene rings is 2. The maximum atomic E-state index is 14.0. The van der Waals surface area contributed by atoms with Gasteiger partial charge in [0.2, 0.25) is 0 Å². The standard InChI is InChI=1S/C16H12F4N2O3/c17-14-10(16(18,19)20)2-1-3-13(14)25-9-4-5-12-8(6-9)7-11(21)15(23)22(12)24/h1-6,11,24H,7,21H2/t11-/m0/s1. The molecule has 0 aromatic heterocycles. The Bertz CT molecular complexity index is 839. The number of hydrogen-bond acceptors (Lipinski definition) is 4.